The zero-order chi connectivity index (χ0) is 10.9. The minimum Gasteiger partial charge on any atom is -0.364 e. The minimum absolute atomic E-state index is 0.0416. The highest BCUT2D eigenvalue weighted by Crippen LogP contribution is 2.41. The van der Waals surface area contributed by atoms with Crippen molar-refractivity contribution in [3.05, 3.63) is 23.9 Å². The van der Waals surface area contributed by atoms with E-state index in [-0.39, 0.29) is 5.54 Å². The highest BCUT2D eigenvalue weighted by Gasteiger charge is 2.38. The summed E-state index contributed by atoms with van der Waals surface area (Å²) in [5.74, 6) is 1.42. The van der Waals surface area contributed by atoms with Crippen LogP contribution in [0.5, 0.6) is 0 Å². The maximum atomic E-state index is 8.94. The lowest BCUT2D eigenvalue weighted by Crippen LogP contribution is -2.34. The van der Waals surface area contributed by atoms with Gasteiger partial charge in [0.15, 0.2) is 0 Å². The average molecular weight is 201 g/mol. The Hall–Kier alpha value is -1.56. The van der Waals surface area contributed by atoms with E-state index in [1.54, 1.807) is 18.3 Å². The van der Waals surface area contributed by atoms with Crippen molar-refractivity contribution in [2.24, 2.45) is 5.92 Å². The van der Waals surface area contributed by atoms with E-state index in [0.29, 0.717) is 17.3 Å². The van der Waals surface area contributed by atoms with Crippen LogP contribution < -0.4 is 5.32 Å². The lowest BCUT2D eigenvalue weighted by Gasteiger charge is -2.27. The van der Waals surface area contributed by atoms with Crippen LogP contribution in [-0.4, -0.2) is 10.5 Å². The molecule has 1 aliphatic rings. The van der Waals surface area contributed by atoms with Gasteiger partial charge in [-0.15, -0.1) is 0 Å². The number of nitrogens with one attached hydrogen (secondary N) is 1. The number of nitriles is 1. The molecule has 0 bridgehead atoms. The van der Waals surface area contributed by atoms with E-state index in [9.17, 15) is 0 Å². The summed E-state index contributed by atoms with van der Waals surface area (Å²) in [4.78, 5) is 4.21. The fourth-order valence-electron chi connectivity index (χ4n) is 1.81. The number of aromatic nitrogens is 1. The summed E-state index contributed by atoms with van der Waals surface area (Å²) in [7, 11) is 0. The Morgan fingerprint density at radius 1 is 1.53 bits per heavy atom. The quantitative estimate of drug-likeness (QED) is 0.817. The lowest BCUT2D eigenvalue weighted by atomic mass is 9.98. The smallest absolute Gasteiger partial charge is 0.144 e. The lowest BCUT2D eigenvalue weighted by molar-refractivity contribution is 0.492. The molecule has 0 spiro atoms. The summed E-state index contributed by atoms with van der Waals surface area (Å²) in [5, 5.41) is 12.3. The maximum absolute atomic E-state index is 8.94. The molecule has 1 heterocycles. The molecule has 78 valence electrons. The van der Waals surface area contributed by atoms with Gasteiger partial charge >= 0.3 is 0 Å². The average Bonchev–Trinajstić information content (AvgIpc) is 3.01. The number of hydrogen-bond donors (Lipinski definition) is 1. The molecule has 1 saturated carbocycles. The van der Waals surface area contributed by atoms with Crippen molar-refractivity contribution in [2.45, 2.75) is 32.2 Å². The standard InChI is InChI=1S/C12H15N3/c1-12(2,10-5-6-10)15-11-9(8-13)4-3-7-14-11/h3-4,7,10H,5-6H2,1-2H3,(H,14,15). The number of anilines is 1. The molecule has 0 aromatic carbocycles. The Morgan fingerprint density at radius 3 is 2.87 bits per heavy atom. The van der Waals surface area contributed by atoms with Crippen LogP contribution in [0.3, 0.4) is 0 Å². The van der Waals surface area contributed by atoms with Gasteiger partial charge in [0.2, 0.25) is 0 Å². The van der Waals surface area contributed by atoms with Gasteiger partial charge in [-0.1, -0.05) is 0 Å². The molecule has 2 rings (SSSR count). The number of rotatable bonds is 3. The fraction of sp³-hybridized carbons (Fsp3) is 0.500. The van der Waals surface area contributed by atoms with Gasteiger partial charge in [0.1, 0.15) is 11.9 Å². The predicted octanol–water partition coefficient (Wildman–Crippen LogP) is 2.55. The summed E-state index contributed by atoms with van der Waals surface area (Å²) >= 11 is 0. The molecular formula is C12H15N3. The molecule has 3 nitrogen and oxygen atoms in total. The number of nitrogens with zero attached hydrogens (tertiary/aromatic N) is 2. The van der Waals surface area contributed by atoms with Gasteiger partial charge in [0.05, 0.1) is 5.56 Å². The second-order valence-corrected chi connectivity index (χ2v) is 4.63. The van der Waals surface area contributed by atoms with Crippen molar-refractivity contribution in [3.8, 4) is 6.07 Å². The molecule has 15 heavy (non-hydrogen) atoms. The van der Waals surface area contributed by atoms with E-state index in [1.165, 1.54) is 12.8 Å². The molecule has 0 radical (unpaired) electrons. The molecule has 1 N–H and O–H groups in total. The first-order chi connectivity index (χ1) is 7.13. The highest BCUT2D eigenvalue weighted by atomic mass is 15.1. The van der Waals surface area contributed by atoms with Crippen LogP contribution in [0.1, 0.15) is 32.3 Å². The third kappa shape index (κ3) is 2.10. The van der Waals surface area contributed by atoms with Crippen molar-refractivity contribution in [1.82, 2.24) is 4.98 Å². The summed E-state index contributed by atoms with van der Waals surface area (Å²) in [6, 6.07) is 5.73. The summed E-state index contributed by atoms with van der Waals surface area (Å²) < 4.78 is 0. The van der Waals surface area contributed by atoms with Crippen molar-refractivity contribution in [1.29, 1.82) is 5.26 Å². The molecular weight excluding hydrogens is 186 g/mol. The monoisotopic (exact) mass is 201 g/mol. The molecule has 1 aliphatic carbocycles. The van der Waals surface area contributed by atoms with E-state index in [0.717, 1.165) is 0 Å². The van der Waals surface area contributed by atoms with Crippen LogP contribution in [0, 0.1) is 17.2 Å². The van der Waals surface area contributed by atoms with Gasteiger partial charge in [-0.25, -0.2) is 4.98 Å². The van der Waals surface area contributed by atoms with Gasteiger partial charge in [0, 0.05) is 11.7 Å². The van der Waals surface area contributed by atoms with E-state index < -0.39 is 0 Å². The molecule has 0 unspecified atom stereocenters. The molecule has 0 atom stereocenters. The largest absolute Gasteiger partial charge is 0.364 e. The van der Waals surface area contributed by atoms with Crippen molar-refractivity contribution >= 4 is 5.82 Å². The van der Waals surface area contributed by atoms with Crippen LogP contribution in [0.4, 0.5) is 5.82 Å². The Bertz CT molecular complexity index is 400. The van der Waals surface area contributed by atoms with Crippen molar-refractivity contribution in [3.63, 3.8) is 0 Å². The Labute approximate surface area is 90.1 Å². The minimum atomic E-state index is 0.0416. The molecule has 0 aliphatic heterocycles. The first-order valence-electron chi connectivity index (χ1n) is 5.27. The second kappa shape index (κ2) is 3.54. The van der Waals surface area contributed by atoms with E-state index in [2.05, 4.69) is 30.2 Å². The highest BCUT2D eigenvalue weighted by molar-refractivity contribution is 5.52. The zero-order valence-electron chi connectivity index (χ0n) is 9.12. The molecule has 1 aromatic heterocycles. The summed E-state index contributed by atoms with van der Waals surface area (Å²) in [6.45, 7) is 4.33. The topological polar surface area (TPSA) is 48.7 Å². The molecule has 1 aromatic rings. The number of hydrogen-bond acceptors (Lipinski definition) is 3. The van der Waals surface area contributed by atoms with Crippen molar-refractivity contribution in [2.75, 3.05) is 5.32 Å². The third-order valence-electron chi connectivity index (χ3n) is 2.97. The predicted molar refractivity (Wildman–Crippen MR) is 59.4 cm³/mol. The summed E-state index contributed by atoms with van der Waals surface area (Å²) in [6.07, 6.45) is 4.26. The first kappa shape index (κ1) is 9.97. The number of pyridine rings is 1. The van der Waals surface area contributed by atoms with Gasteiger partial charge < -0.3 is 5.32 Å². The van der Waals surface area contributed by atoms with Gasteiger partial charge in [-0.2, -0.15) is 5.26 Å². The maximum Gasteiger partial charge on any atom is 0.144 e. The van der Waals surface area contributed by atoms with Gasteiger partial charge in [-0.05, 0) is 44.7 Å². The molecule has 1 fully saturated rings. The normalized spacial score (nSPS) is 15.8. The molecule has 0 saturated heterocycles. The Kier molecular flexibility index (Phi) is 2.36. The van der Waals surface area contributed by atoms with Crippen LogP contribution >= 0.6 is 0 Å². The fourth-order valence-corrected chi connectivity index (χ4v) is 1.81. The van der Waals surface area contributed by atoms with Crippen LogP contribution in [0.2, 0.25) is 0 Å². The van der Waals surface area contributed by atoms with Gasteiger partial charge in [0.25, 0.3) is 0 Å². The first-order valence-corrected chi connectivity index (χ1v) is 5.27. The SMILES string of the molecule is CC(C)(Nc1ncccc1C#N)C1CC1. The molecule has 0 amide bonds. The van der Waals surface area contributed by atoms with Crippen LogP contribution in [0.25, 0.3) is 0 Å². The zero-order valence-corrected chi connectivity index (χ0v) is 9.12. The summed E-state index contributed by atoms with van der Waals surface area (Å²) in [5.41, 5.74) is 0.658. The second-order valence-electron chi connectivity index (χ2n) is 4.63. The van der Waals surface area contributed by atoms with E-state index in [1.807, 2.05) is 0 Å². The Balaban J connectivity index is 2.20. The van der Waals surface area contributed by atoms with E-state index >= 15 is 0 Å². The third-order valence-corrected chi connectivity index (χ3v) is 2.97. The van der Waals surface area contributed by atoms with E-state index in [4.69, 9.17) is 5.26 Å². The Morgan fingerprint density at radius 2 is 2.27 bits per heavy atom. The van der Waals surface area contributed by atoms with Crippen molar-refractivity contribution < 1.29 is 0 Å². The van der Waals surface area contributed by atoms with Gasteiger partial charge in [-0.3, -0.25) is 0 Å². The van der Waals surface area contributed by atoms with Crippen LogP contribution in [-0.2, 0) is 0 Å². The molecule has 3 heteroatoms. The van der Waals surface area contributed by atoms with Crippen LogP contribution in [0.15, 0.2) is 18.3 Å².